The molecule has 0 radical (unpaired) electrons. The average molecular weight is 409 g/mol. The number of hydrogen-bond acceptors (Lipinski definition) is 0. The molecule has 0 bridgehead atoms. The minimum absolute atomic E-state index is 0.462. The molecule has 1 atom stereocenters. The van der Waals surface area contributed by atoms with Crippen LogP contribution >= 0.6 is 0 Å². The zero-order valence-corrected chi connectivity index (χ0v) is 19.6. The summed E-state index contributed by atoms with van der Waals surface area (Å²) in [6, 6.07) is 31.6. The molecule has 0 saturated carbocycles. The van der Waals surface area contributed by atoms with Crippen molar-refractivity contribution in [3.05, 3.63) is 113 Å². The molecule has 0 aromatic heterocycles. The average Bonchev–Trinajstić information content (AvgIpc) is 3.08. The summed E-state index contributed by atoms with van der Waals surface area (Å²) in [5.41, 5.74) is 5.85. The topological polar surface area (TPSA) is 0 Å². The maximum atomic E-state index is 2.55. The summed E-state index contributed by atoms with van der Waals surface area (Å²) in [5.74, 6) is 0.462. The lowest BCUT2D eigenvalue weighted by molar-refractivity contribution is 0.795. The second-order valence-corrected chi connectivity index (χ2v) is 11.3. The molecule has 0 nitrogen and oxygen atoms in total. The summed E-state index contributed by atoms with van der Waals surface area (Å²) in [6.07, 6.45) is 6.25. The molecule has 0 N–H and O–H groups in total. The van der Waals surface area contributed by atoms with E-state index in [1.807, 2.05) is 0 Å². The summed E-state index contributed by atoms with van der Waals surface area (Å²) in [7, 11) is -1.48. The van der Waals surface area contributed by atoms with Crippen LogP contribution < -0.4 is 10.4 Å². The summed E-state index contributed by atoms with van der Waals surface area (Å²) in [4.78, 5) is 0. The van der Waals surface area contributed by atoms with Gasteiger partial charge < -0.3 is 0 Å². The van der Waals surface area contributed by atoms with Gasteiger partial charge in [0.15, 0.2) is 0 Å². The monoisotopic (exact) mass is 408 g/mol. The van der Waals surface area contributed by atoms with Crippen LogP contribution in [0.25, 0.3) is 5.57 Å². The van der Waals surface area contributed by atoms with Crippen LogP contribution in [0.5, 0.6) is 0 Å². The fourth-order valence-corrected chi connectivity index (χ4v) is 8.23. The maximum absolute atomic E-state index is 2.55. The fraction of sp³-hybridized carbons (Fsp3) is 0.241. The first-order chi connectivity index (χ1) is 14.7. The predicted octanol–water partition coefficient (Wildman–Crippen LogP) is 5.96. The van der Waals surface area contributed by atoms with E-state index in [0.29, 0.717) is 5.92 Å². The van der Waals surface area contributed by atoms with Crippen molar-refractivity contribution in [3.63, 3.8) is 0 Å². The van der Waals surface area contributed by atoms with Gasteiger partial charge in [-0.25, -0.2) is 0 Å². The Morgan fingerprint density at radius 1 is 0.767 bits per heavy atom. The van der Waals surface area contributed by atoms with Gasteiger partial charge in [-0.05, 0) is 42.0 Å². The lowest BCUT2D eigenvalue weighted by Gasteiger charge is -2.20. The third kappa shape index (κ3) is 4.27. The standard InChI is InChI=1S/C29H32Si/c1-4-5-12-24-17-19-25(20-18-24)29-22(2)21-28(23(29)3)30(26-13-8-6-9-14-26)27-15-10-7-11-16-27/h6-11,13-22,30H,4-5,12H2,1-3H3. The van der Waals surface area contributed by atoms with Gasteiger partial charge in [-0.3, -0.25) is 0 Å². The molecule has 0 saturated heterocycles. The van der Waals surface area contributed by atoms with Gasteiger partial charge in [-0.2, -0.15) is 0 Å². The number of hydrogen-bond donors (Lipinski definition) is 0. The van der Waals surface area contributed by atoms with Crippen molar-refractivity contribution in [2.24, 2.45) is 5.92 Å². The molecule has 0 spiro atoms. The Morgan fingerprint density at radius 3 is 1.87 bits per heavy atom. The Morgan fingerprint density at radius 2 is 1.33 bits per heavy atom. The minimum Gasteiger partial charge on any atom is -0.0772 e. The molecule has 1 unspecified atom stereocenters. The summed E-state index contributed by atoms with van der Waals surface area (Å²) < 4.78 is 0. The molecular weight excluding hydrogens is 376 g/mol. The SMILES string of the molecule is CCCCc1ccc(C2=C(C)C([SiH](c3ccccc3)c3ccccc3)=CC2C)cc1. The number of allylic oxidation sites excluding steroid dienone is 4. The molecule has 1 aliphatic rings. The maximum Gasteiger partial charge on any atom is 0.132 e. The molecular formula is C29H32Si. The van der Waals surface area contributed by atoms with E-state index in [4.69, 9.17) is 0 Å². The van der Waals surface area contributed by atoms with Crippen LogP contribution in [0.15, 0.2) is 102 Å². The summed E-state index contributed by atoms with van der Waals surface area (Å²) in [5, 5.41) is 4.58. The first-order valence-corrected chi connectivity index (χ1v) is 13.0. The third-order valence-corrected chi connectivity index (χ3v) is 9.73. The van der Waals surface area contributed by atoms with Crippen LogP contribution in [0.4, 0.5) is 0 Å². The highest BCUT2D eigenvalue weighted by molar-refractivity contribution is 6.91. The molecule has 1 heteroatoms. The van der Waals surface area contributed by atoms with E-state index < -0.39 is 8.80 Å². The predicted molar refractivity (Wildman–Crippen MR) is 134 cm³/mol. The quantitative estimate of drug-likeness (QED) is 0.423. The first-order valence-electron chi connectivity index (χ1n) is 11.3. The molecule has 0 fully saturated rings. The van der Waals surface area contributed by atoms with Crippen LogP contribution in [0.1, 0.15) is 44.7 Å². The number of unbranched alkanes of at least 4 members (excludes halogenated alkanes) is 1. The Hall–Kier alpha value is -2.64. The Bertz CT molecular complexity index is 987. The molecule has 3 aromatic rings. The smallest absolute Gasteiger partial charge is 0.0772 e. The zero-order valence-electron chi connectivity index (χ0n) is 18.4. The summed E-state index contributed by atoms with van der Waals surface area (Å²) in [6.45, 7) is 6.97. The van der Waals surface area contributed by atoms with E-state index in [1.165, 1.54) is 51.9 Å². The fourth-order valence-electron chi connectivity index (χ4n) is 4.84. The highest BCUT2D eigenvalue weighted by Gasteiger charge is 2.29. The Balaban J connectivity index is 1.72. The van der Waals surface area contributed by atoms with Crippen LogP contribution in [0, 0.1) is 5.92 Å². The van der Waals surface area contributed by atoms with Crippen LogP contribution in [-0.4, -0.2) is 8.80 Å². The number of rotatable bonds is 7. The van der Waals surface area contributed by atoms with Crippen LogP contribution in [0.2, 0.25) is 0 Å². The largest absolute Gasteiger partial charge is 0.132 e. The second-order valence-electron chi connectivity index (χ2n) is 8.50. The van der Waals surface area contributed by atoms with Crippen LogP contribution in [-0.2, 0) is 6.42 Å². The molecule has 0 amide bonds. The van der Waals surface area contributed by atoms with E-state index >= 15 is 0 Å². The highest BCUT2D eigenvalue weighted by Crippen LogP contribution is 2.38. The van der Waals surface area contributed by atoms with Gasteiger partial charge in [0.25, 0.3) is 0 Å². The first kappa shape index (κ1) is 20.6. The van der Waals surface area contributed by atoms with E-state index in [2.05, 4.69) is 112 Å². The van der Waals surface area contributed by atoms with Crippen molar-refractivity contribution in [2.45, 2.75) is 40.0 Å². The lowest BCUT2D eigenvalue weighted by atomic mass is 9.93. The minimum atomic E-state index is -1.48. The normalized spacial score (nSPS) is 16.3. The van der Waals surface area contributed by atoms with E-state index in [0.717, 1.165) is 0 Å². The number of aryl methyl sites for hydroxylation is 1. The molecule has 152 valence electrons. The zero-order chi connectivity index (χ0) is 20.9. The summed E-state index contributed by atoms with van der Waals surface area (Å²) >= 11 is 0. The van der Waals surface area contributed by atoms with Gasteiger partial charge in [0, 0.05) is 5.92 Å². The highest BCUT2D eigenvalue weighted by atomic mass is 28.3. The van der Waals surface area contributed by atoms with Gasteiger partial charge in [0.1, 0.15) is 8.80 Å². The van der Waals surface area contributed by atoms with Crippen molar-refractivity contribution < 1.29 is 0 Å². The van der Waals surface area contributed by atoms with Gasteiger partial charge in [0.2, 0.25) is 0 Å². The molecule has 4 rings (SSSR count). The van der Waals surface area contributed by atoms with Crippen molar-refractivity contribution in [1.82, 2.24) is 0 Å². The van der Waals surface area contributed by atoms with E-state index in [-0.39, 0.29) is 0 Å². The van der Waals surface area contributed by atoms with Gasteiger partial charge in [0.05, 0.1) is 0 Å². The molecule has 0 aliphatic heterocycles. The van der Waals surface area contributed by atoms with E-state index in [1.54, 1.807) is 5.20 Å². The van der Waals surface area contributed by atoms with Crippen molar-refractivity contribution in [2.75, 3.05) is 0 Å². The molecule has 30 heavy (non-hydrogen) atoms. The van der Waals surface area contributed by atoms with Crippen LogP contribution in [0.3, 0.4) is 0 Å². The Labute approximate surface area is 183 Å². The second kappa shape index (κ2) is 9.45. The molecule has 3 aromatic carbocycles. The van der Waals surface area contributed by atoms with E-state index in [9.17, 15) is 0 Å². The lowest BCUT2D eigenvalue weighted by Crippen LogP contribution is -2.44. The van der Waals surface area contributed by atoms with Crippen molar-refractivity contribution >= 4 is 24.7 Å². The molecule has 0 heterocycles. The third-order valence-electron chi connectivity index (χ3n) is 6.38. The molecule has 1 aliphatic carbocycles. The Kier molecular flexibility index (Phi) is 6.49. The van der Waals surface area contributed by atoms with Gasteiger partial charge in [-0.1, -0.05) is 127 Å². The van der Waals surface area contributed by atoms with Gasteiger partial charge in [-0.15, -0.1) is 0 Å². The van der Waals surface area contributed by atoms with Crippen molar-refractivity contribution in [1.29, 1.82) is 0 Å². The number of benzene rings is 3. The van der Waals surface area contributed by atoms with Crippen molar-refractivity contribution in [3.8, 4) is 0 Å². The van der Waals surface area contributed by atoms with Gasteiger partial charge >= 0.3 is 0 Å².